The first-order valence-electron chi connectivity index (χ1n) is 8.20. The van der Waals surface area contributed by atoms with Crippen LogP contribution in [0, 0.1) is 10.1 Å². The van der Waals surface area contributed by atoms with Gasteiger partial charge in [-0.1, -0.05) is 36.4 Å². The third-order valence-electron chi connectivity index (χ3n) is 3.65. The number of Topliss-reactive ketones (excluding diaryl/α,β-unsaturated/α-hetero) is 1. The average molecular weight is 370 g/mol. The number of ether oxygens (including phenoxy) is 1. The Bertz CT molecular complexity index is 850. The minimum Gasteiger partial charge on any atom is -0.453 e. The number of carbonyl (C=O) groups is 3. The molecule has 0 aromatic heterocycles. The van der Waals surface area contributed by atoms with E-state index in [2.05, 4.69) is 5.32 Å². The van der Waals surface area contributed by atoms with Crippen molar-refractivity contribution in [2.75, 3.05) is 5.32 Å². The van der Waals surface area contributed by atoms with Gasteiger partial charge in [0.05, 0.1) is 11.3 Å². The van der Waals surface area contributed by atoms with Gasteiger partial charge >= 0.3 is 5.97 Å². The molecule has 1 N–H and O–H groups in total. The topological polar surface area (TPSA) is 116 Å². The van der Waals surface area contributed by atoms with E-state index in [4.69, 9.17) is 4.74 Å². The fourth-order valence-electron chi connectivity index (χ4n) is 2.23. The zero-order valence-corrected chi connectivity index (χ0v) is 14.6. The van der Waals surface area contributed by atoms with Gasteiger partial charge in [0.25, 0.3) is 11.6 Å². The molecule has 0 radical (unpaired) electrons. The maximum absolute atomic E-state index is 12.1. The van der Waals surface area contributed by atoms with Crippen molar-refractivity contribution in [1.82, 2.24) is 0 Å². The van der Waals surface area contributed by atoms with E-state index >= 15 is 0 Å². The molecule has 0 spiro atoms. The number of benzene rings is 2. The molecule has 27 heavy (non-hydrogen) atoms. The molecule has 0 heterocycles. The van der Waals surface area contributed by atoms with Crippen molar-refractivity contribution in [3.8, 4) is 0 Å². The number of rotatable bonds is 8. The van der Waals surface area contributed by atoms with Crippen molar-refractivity contribution in [2.45, 2.75) is 25.9 Å². The number of anilines is 1. The monoisotopic (exact) mass is 370 g/mol. The smallest absolute Gasteiger partial charge is 0.307 e. The summed E-state index contributed by atoms with van der Waals surface area (Å²) in [6.07, 6.45) is -1.28. The lowest BCUT2D eigenvalue weighted by Crippen LogP contribution is -2.30. The number of carbonyl (C=O) groups excluding carboxylic acids is 3. The highest BCUT2D eigenvalue weighted by molar-refractivity contribution is 5.98. The Kier molecular flexibility index (Phi) is 6.76. The van der Waals surface area contributed by atoms with Gasteiger partial charge in [-0.3, -0.25) is 24.5 Å². The second kappa shape index (κ2) is 9.23. The van der Waals surface area contributed by atoms with Crippen LogP contribution in [-0.2, 0) is 14.3 Å². The molecule has 2 rings (SSSR count). The summed E-state index contributed by atoms with van der Waals surface area (Å²) in [5.74, 6) is -1.50. The van der Waals surface area contributed by atoms with E-state index in [1.165, 1.54) is 31.2 Å². The lowest BCUT2D eigenvalue weighted by molar-refractivity contribution is -0.384. The van der Waals surface area contributed by atoms with Crippen LogP contribution in [-0.4, -0.2) is 28.7 Å². The van der Waals surface area contributed by atoms with Gasteiger partial charge in [-0.25, -0.2) is 0 Å². The first-order valence-corrected chi connectivity index (χ1v) is 8.20. The summed E-state index contributed by atoms with van der Waals surface area (Å²) in [5, 5.41) is 13.2. The quantitative estimate of drug-likeness (QED) is 0.330. The maximum atomic E-state index is 12.1. The van der Waals surface area contributed by atoms with Gasteiger partial charge in [-0.15, -0.1) is 0 Å². The molecule has 0 saturated heterocycles. The number of amides is 1. The van der Waals surface area contributed by atoms with Gasteiger partial charge in [0, 0.05) is 29.8 Å². The summed E-state index contributed by atoms with van der Waals surface area (Å²) in [4.78, 5) is 46.0. The molecular formula is C19H18N2O6. The number of esters is 1. The predicted octanol–water partition coefficient (Wildman–Crippen LogP) is 3.13. The average Bonchev–Trinajstić information content (AvgIpc) is 2.66. The third-order valence-corrected chi connectivity index (χ3v) is 3.65. The van der Waals surface area contributed by atoms with Crippen LogP contribution in [0.5, 0.6) is 0 Å². The van der Waals surface area contributed by atoms with Gasteiger partial charge in [-0.05, 0) is 13.0 Å². The van der Waals surface area contributed by atoms with Crippen molar-refractivity contribution in [3.05, 3.63) is 70.3 Å². The largest absolute Gasteiger partial charge is 0.453 e. The molecule has 0 bridgehead atoms. The Morgan fingerprint density at radius 2 is 1.78 bits per heavy atom. The van der Waals surface area contributed by atoms with E-state index in [-0.39, 0.29) is 30.0 Å². The fraction of sp³-hybridized carbons (Fsp3) is 0.211. The molecule has 1 unspecified atom stereocenters. The number of nitrogens with zero attached hydrogens (tertiary/aromatic N) is 1. The molecule has 2 aromatic carbocycles. The van der Waals surface area contributed by atoms with Crippen LogP contribution in [0.15, 0.2) is 54.6 Å². The first kappa shape index (κ1) is 19.8. The van der Waals surface area contributed by atoms with Gasteiger partial charge < -0.3 is 10.1 Å². The Labute approximate surface area is 155 Å². The number of ketones is 1. The normalized spacial score (nSPS) is 11.3. The molecule has 1 atom stereocenters. The molecule has 8 heteroatoms. The van der Waals surface area contributed by atoms with Crippen LogP contribution < -0.4 is 5.32 Å². The molecule has 0 saturated carbocycles. The molecule has 0 fully saturated rings. The van der Waals surface area contributed by atoms with E-state index in [9.17, 15) is 24.5 Å². The highest BCUT2D eigenvalue weighted by Gasteiger charge is 2.19. The van der Waals surface area contributed by atoms with Crippen LogP contribution in [0.25, 0.3) is 0 Å². The van der Waals surface area contributed by atoms with Crippen LogP contribution in [0.1, 0.15) is 30.1 Å². The van der Waals surface area contributed by atoms with Gasteiger partial charge in [0.15, 0.2) is 11.9 Å². The Morgan fingerprint density at radius 1 is 1.07 bits per heavy atom. The molecular weight excluding hydrogens is 352 g/mol. The van der Waals surface area contributed by atoms with Gasteiger partial charge in [0.1, 0.15) is 0 Å². The summed E-state index contributed by atoms with van der Waals surface area (Å²) in [6.45, 7) is 1.38. The summed E-state index contributed by atoms with van der Waals surface area (Å²) in [6, 6.07) is 14.0. The van der Waals surface area contributed by atoms with Crippen molar-refractivity contribution < 1.29 is 24.0 Å². The van der Waals surface area contributed by atoms with Crippen molar-refractivity contribution in [2.24, 2.45) is 0 Å². The second-order valence-corrected chi connectivity index (χ2v) is 5.72. The first-order chi connectivity index (χ1) is 12.9. The van der Waals surface area contributed by atoms with E-state index < -0.39 is 22.9 Å². The molecule has 0 aliphatic rings. The number of non-ortho nitro benzene ring substituents is 1. The molecule has 1 amide bonds. The maximum Gasteiger partial charge on any atom is 0.307 e. The van der Waals surface area contributed by atoms with Crippen LogP contribution in [0.4, 0.5) is 11.4 Å². The Hall–Kier alpha value is -3.55. The third kappa shape index (κ3) is 6.03. The van der Waals surface area contributed by atoms with E-state index in [1.807, 2.05) is 0 Å². The number of nitro benzene ring substituents is 1. The molecule has 0 aliphatic carbocycles. The zero-order chi connectivity index (χ0) is 19.8. The summed E-state index contributed by atoms with van der Waals surface area (Å²) in [5.41, 5.74) is 0.551. The van der Waals surface area contributed by atoms with E-state index in [1.54, 1.807) is 30.3 Å². The molecule has 140 valence electrons. The number of nitrogens with one attached hydrogen (secondary N) is 1. The molecule has 0 aliphatic heterocycles. The van der Waals surface area contributed by atoms with E-state index in [0.29, 0.717) is 5.56 Å². The van der Waals surface area contributed by atoms with Crippen LogP contribution >= 0.6 is 0 Å². The highest BCUT2D eigenvalue weighted by Crippen LogP contribution is 2.17. The van der Waals surface area contributed by atoms with Crippen LogP contribution in [0.3, 0.4) is 0 Å². The van der Waals surface area contributed by atoms with Crippen molar-refractivity contribution >= 4 is 29.0 Å². The number of nitro groups is 1. The fourth-order valence-corrected chi connectivity index (χ4v) is 2.23. The van der Waals surface area contributed by atoms with Gasteiger partial charge in [0.2, 0.25) is 0 Å². The lowest BCUT2D eigenvalue weighted by atomic mass is 10.1. The predicted molar refractivity (Wildman–Crippen MR) is 97.3 cm³/mol. The summed E-state index contributed by atoms with van der Waals surface area (Å²) < 4.78 is 5.01. The highest BCUT2D eigenvalue weighted by atomic mass is 16.6. The lowest BCUT2D eigenvalue weighted by Gasteiger charge is -2.13. The van der Waals surface area contributed by atoms with Crippen molar-refractivity contribution in [3.63, 3.8) is 0 Å². The van der Waals surface area contributed by atoms with Crippen molar-refractivity contribution in [1.29, 1.82) is 0 Å². The zero-order valence-electron chi connectivity index (χ0n) is 14.6. The second-order valence-electron chi connectivity index (χ2n) is 5.72. The molecule has 8 nitrogen and oxygen atoms in total. The Balaban J connectivity index is 1.83. The minimum absolute atomic E-state index is 0.0257. The minimum atomic E-state index is -1.11. The van der Waals surface area contributed by atoms with E-state index in [0.717, 1.165) is 0 Å². The summed E-state index contributed by atoms with van der Waals surface area (Å²) in [7, 11) is 0. The molecule has 2 aromatic rings. The number of hydrogen-bond donors (Lipinski definition) is 1. The Morgan fingerprint density at radius 3 is 2.44 bits per heavy atom. The summed E-state index contributed by atoms with van der Waals surface area (Å²) >= 11 is 0. The standard InChI is InChI=1S/C19H18N2O6/c1-13(19(24)20-15-8-5-9-16(12-15)21(25)26)27-18(23)11-10-17(22)14-6-3-2-4-7-14/h2-9,12-13H,10-11H2,1H3,(H,20,24). The SMILES string of the molecule is CC(OC(=O)CCC(=O)c1ccccc1)C(=O)Nc1cccc([N+](=O)[O-])c1. The van der Waals surface area contributed by atoms with Gasteiger partial charge in [-0.2, -0.15) is 0 Å². The van der Waals surface area contributed by atoms with Crippen LogP contribution in [0.2, 0.25) is 0 Å². The number of hydrogen-bond acceptors (Lipinski definition) is 6.